The number of ether oxygens (including phenoxy) is 2. The van der Waals surface area contributed by atoms with Gasteiger partial charge in [0.05, 0.1) is 0 Å². The Morgan fingerprint density at radius 2 is 2.12 bits per heavy atom. The van der Waals surface area contributed by atoms with E-state index in [9.17, 15) is 10.1 Å². The number of imidazole rings is 1. The van der Waals surface area contributed by atoms with Crippen molar-refractivity contribution in [3.8, 4) is 0 Å². The number of hydrogen-bond acceptors (Lipinski definition) is 5. The summed E-state index contributed by atoms with van der Waals surface area (Å²) >= 11 is 0. The molecule has 0 fully saturated rings. The maximum Gasteiger partial charge on any atom is 0.381 e. The van der Waals surface area contributed by atoms with Gasteiger partial charge in [0.25, 0.3) is 0 Å². The molecular formula is C10H17N3O4. The van der Waals surface area contributed by atoms with Crippen LogP contribution in [0.4, 0.5) is 5.82 Å². The molecule has 0 amide bonds. The first kappa shape index (κ1) is 13.6. The number of hydrogen-bond donors (Lipinski definition) is 0. The molecule has 1 heterocycles. The van der Waals surface area contributed by atoms with Crippen molar-refractivity contribution in [2.24, 2.45) is 0 Å². The van der Waals surface area contributed by atoms with Crippen molar-refractivity contribution >= 4 is 5.82 Å². The highest BCUT2D eigenvalue weighted by Gasteiger charge is 2.12. The van der Waals surface area contributed by atoms with Gasteiger partial charge >= 0.3 is 5.82 Å². The lowest BCUT2D eigenvalue weighted by Gasteiger charge is -2.16. The van der Waals surface area contributed by atoms with Crippen molar-refractivity contribution < 1.29 is 14.4 Å². The molecule has 0 atom stereocenters. The van der Waals surface area contributed by atoms with Crippen LogP contribution >= 0.6 is 0 Å². The third-order valence-corrected chi connectivity index (χ3v) is 2.13. The Morgan fingerprint density at radius 1 is 1.47 bits per heavy atom. The van der Waals surface area contributed by atoms with E-state index in [4.69, 9.17) is 9.47 Å². The topological polar surface area (TPSA) is 79.4 Å². The molecule has 7 nitrogen and oxygen atoms in total. The zero-order valence-electron chi connectivity index (χ0n) is 10.0. The van der Waals surface area contributed by atoms with Crippen LogP contribution in [0.15, 0.2) is 12.5 Å². The second-order valence-corrected chi connectivity index (χ2v) is 3.36. The van der Waals surface area contributed by atoms with Gasteiger partial charge in [-0.3, -0.25) is 0 Å². The van der Waals surface area contributed by atoms with E-state index < -0.39 is 4.92 Å². The van der Waals surface area contributed by atoms with Crippen molar-refractivity contribution in [2.75, 3.05) is 13.2 Å². The van der Waals surface area contributed by atoms with Crippen LogP contribution in [-0.4, -0.2) is 34.0 Å². The monoisotopic (exact) mass is 243 g/mol. The molecule has 96 valence electrons. The van der Waals surface area contributed by atoms with Gasteiger partial charge in [-0.25, -0.2) is 0 Å². The lowest BCUT2D eigenvalue weighted by Crippen LogP contribution is -2.19. The van der Waals surface area contributed by atoms with Crippen molar-refractivity contribution in [3.63, 3.8) is 0 Å². The van der Waals surface area contributed by atoms with Gasteiger partial charge in [0, 0.05) is 26.2 Å². The Labute approximate surface area is 99.5 Å². The summed E-state index contributed by atoms with van der Waals surface area (Å²) in [6, 6.07) is 0. The smallest absolute Gasteiger partial charge is 0.358 e. The Kier molecular flexibility index (Phi) is 5.58. The third-order valence-electron chi connectivity index (χ3n) is 2.13. The fraction of sp³-hybridized carbons (Fsp3) is 0.700. The van der Waals surface area contributed by atoms with Crippen molar-refractivity contribution in [1.29, 1.82) is 0 Å². The van der Waals surface area contributed by atoms with Gasteiger partial charge in [-0.15, -0.1) is 0 Å². The van der Waals surface area contributed by atoms with E-state index in [1.165, 1.54) is 12.5 Å². The van der Waals surface area contributed by atoms with Crippen LogP contribution < -0.4 is 0 Å². The SMILES string of the molecule is CCOC(CCn1cnc([N+](=O)[O-])c1)OCC. The molecule has 0 aliphatic rings. The van der Waals surface area contributed by atoms with Crippen molar-refractivity contribution in [1.82, 2.24) is 9.55 Å². The minimum absolute atomic E-state index is 0.144. The molecule has 1 rings (SSSR count). The fourth-order valence-corrected chi connectivity index (χ4v) is 1.41. The largest absolute Gasteiger partial charge is 0.381 e. The van der Waals surface area contributed by atoms with E-state index in [0.29, 0.717) is 26.2 Å². The standard InChI is InChI=1S/C10H17N3O4/c1-3-16-10(17-4-2)5-6-12-7-9(11-8-12)13(14)15/h7-8,10H,3-6H2,1-2H3. The summed E-state index contributed by atoms with van der Waals surface area (Å²) in [5, 5.41) is 10.4. The molecule has 0 unspecified atom stereocenters. The summed E-state index contributed by atoms with van der Waals surface area (Å²) in [6.45, 7) is 5.52. The number of rotatable bonds is 8. The summed E-state index contributed by atoms with van der Waals surface area (Å²) < 4.78 is 12.4. The Bertz CT molecular complexity index is 347. The normalized spacial score (nSPS) is 11.0. The van der Waals surface area contributed by atoms with E-state index in [-0.39, 0.29) is 12.1 Å². The van der Waals surface area contributed by atoms with Gasteiger partial charge in [-0.1, -0.05) is 0 Å². The highest BCUT2D eigenvalue weighted by molar-refractivity contribution is 5.12. The van der Waals surface area contributed by atoms with E-state index in [1.807, 2.05) is 13.8 Å². The lowest BCUT2D eigenvalue weighted by molar-refractivity contribution is -0.389. The molecule has 17 heavy (non-hydrogen) atoms. The predicted octanol–water partition coefficient (Wildman–Crippen LogP) is 1.58. The van der Waals surface area contributed by atoms with E-state index in [2.05, 4.69) is 4.98 Å². The first-order valence-electron chi connectivity index (χ1n) is 5.56. The highest BCUT2D eigenvalue weighted by Crippen LogP contribution is 2.08. The van der Waals surface area contributed by atoms with E-state index >= 15 is 0 Å². The molecular weight excluding hydrogens is 226 g/mol. The molecule has 0 aliphatic carbocycles. The number of aryl methyl sites for hydroxylation is 1. The van der Waals surface area contributed by atoms with E-state index in [1.54, 1.807) is 4.57 Å². The average molecular weight is 243 g/mol. The Morgan fingerprint density at radius 3 is 2.59 bits per heavy atom. The van der Waals surface area contributed by atoms with Crippen LogP contribution in [0.25, 0.3) is 0 Å². The van der Waals surface area contributed by atoms with Gasteiger partial charge in [0.1, 0.15) is 6.20 Å². The third kappa shape index (κ3) is 4.49. The van der Waals surface area contributed by atoms with Gasteiger partial charge in [-0.05, 0) is 23.8 Å². The van der Waals surface area contributed by atoms with Crippen LogP contribution in [0.2, 0.25) is 0 Å². The molecule has 0 saturated carbocycles. The fourth-order valence-electron chi connectivity index (χ4n) is 1.41. The molecule has 1 aromatic rings. The Balaban J connectivity index is 2.44. The molecule has 0 N–H and O–H groups in total. The van der Waals surface area contributed by atoms with E-state index in [0.717, 1.165) is 0 Å². The van der Waals surface area contributed by atoms with Crippen LogP contribution in [0.5, 0.6) is 0 Å². The molecule has 1 aromatic heterocycles. The Hall–Kier alpha value is -1.47. The zero-order chi connectivity index (χ0) is 12.7. The summed E-state index contributed by atoms with van der Waals surface area (Å²) in [5.74, 6) is -0.144. The molecule has 0 saturated heterocycles. The van der Waals surface area contributed by atoms with Gasteiger partial charge in [0.15, 0.2) is 6.29 Å². The molecule has 0 aliphatic heterocycles. The first-order chi connectivity index (χ1) is 8.17. The number of aromatic nitrogens is 2. The minimum Gasteiger partial charge on any atom is -0.358 e. The summed E-state index contributed by atoms with van der Waals surface area (Å²) in [7, 11) is 0. The van der Waals surface area contributed by atoms with Crippen LogP contribution in [0.1, 0.15) is 20.3 Å². The molecule has 0 spiro atoms. The van der Waals surface area contributed by atoms with Crippen LogP contribution in [-0.2, 0) is 16.0 Å². The number of nitrogens with zero attached hydrogens (tertiary/aromatic N) is 3. The van der Waals surface area contributed by atoms with Crippen LogP contribution in [0.3, 0.4) is 0 Å². The minimum atomic E-state index is -0.515. The summed E-state index contributed by atoms with van der Waals surface area (Å²) in [6.07, 6.45) is 3.20. The van der Waals surface area contributed by atoms with Gasteiger partial charge in [0.2, 0.25) is 6.33 Å². The summed E-state index contributed by atoms with van der Waals surface area (Å²) in [5.41, 5.74) is 0. The molecule has 0 radical (unpaired) electrons. The van der Waals surface area contributed by atoms with Crippen LogP contribution in [0, 0.1) is 10.1 Å². The molecule has 0 bridgehead atoms. The zero-order valence-corrected chi connectivity index (χ0v) is 10.0. The summed E-state index contributed by atoms with van der Waals surface area (Å²) in [4.78, 5) is 13.6. The molecule has 0 aromatic carbocycles. The highest BCUT2D eigenvalue weighted by atomic mass is 16.7. The maximum atomic E-state index is 10.4. The van der Waals surface area contributed by atoms with Crippen molar-refractivity contribution in [2.45, 2.75) is 33.1 Å². The lowest BCUT2D eigenvalue weighted by atomic mass is 10.4. The second kappa shape index (κ2) is 6.97. The molecule has 7 heteroatoms. The van der Waals surface area contributed by atoms with Crippen molar-refractivity contribution in [3.05, 3.63) is 22.6 Å². The first-order valence-corrected chi connectivity index (χ1v) is 5.56. The average Bonchev–Trinajstić information content (AvgIpc) is 2.75. The van der Waals surface area contributed by atoms with Gasteiger partial charge < -0.3 is 24.2 Å². The maximum absolute atomic E-state index is 10.4. The number of nitro groups is 1. The predicted molar refractivity (Wildman–Crippen MR) is 60.5 cm³/mol. The quantitative estimate of drug-likeness (QED) is 0.393. The van der Waals surface area contributed by atoms with Gasteiger partial charge in [-0.2, -0.15) is 0 Å². The second-order valence-electron chi connectivity index (χ2n) is 3.36.